The standard InChI is InChI=1S/C7H17N2.2C2H5.Al/c1-4-9(5-2)7-6-8-3;2*1-2;/h4-7H2,1-3H3;2*1H2,2H3;/q-1;;;+1. The summed E-state index contributed by atoms with van der Waals surface area (Å²) in [4.78, 5) is 2.51. The van der Waals surface area contributed by atoms with E-state index in [1.54, 1.807) is 0 Å². The van der Waals surface area contributed by atoms with Crippen molar-refractivity contribution in [3.05, 3.63) is 0 Å². The number of hydrogen-bond acceptors (Lipinski definition) is 2. The van der Waals surface area contributed by atoms with Crippen molar-refractivity contribution in [3.63, 3.8) is 0 Å². The summed E-state index contributed by atoms with van der Waals surface area (Å²) in [5.74, 6) is 0. The molecule has 0 aromatic carbocycles. The van der Waals surface area contributed by atoms with Gasteiger partial charge >= 0.3 is 14.4 Å². The van der Waals surface area contributed by atoms with Crippen LogP contribution in [0.4, 0.5) is 0 Å². The van der Waals surface area contributed by atoms with E-state index in [0.717, 1.165) is 0 Å². The Morgan fingerprint density at radius 1 is 0.857 bits per heavy atom. The van der Waals surface area contributed by atoms with Crippen molar-refractivity contribution < 1.29 is 0 Å². The SMILES string of the molecule is CCN(CC)CC[N](C)[Al]([CH2]C)[CH2]C. The maximum absolute atomic E-state index is 2.64. The molecule has 0 amide bonds. The van der Waals surface area contributed by atoms with Crippen molar-refractivity contribution in [1.82, 2.24) is 8.78 Å². The summed E-state index contributed by atoms with van der Waals surface area (Å²) in [6, 6.07) is 0. The Morgan fingerprint density at radius 2 is 1.36 bits per heavy atom. The second-order valence-electron chi connectivity index (χ2n) is 3.98. The monoisotopic (exact) mass is 214 g/mol. The quantitative estimate of drug-likeness (QED) is 0.572. The number of rotatable bonds is 8. The minimum absolute atomic E-state index is 0.561. The van der Waals surface area contributed by atoms with Gasteiger partial charge in [-0.05, 0) is 26.7 Å². The summed E-state index contributed by atoms with van der Waals surface area (Å²) in [5, 5.41) is 2.82. The zero-order valence-electron chi connectivity index (χ0n) is 10.7. The van der Waals surface area contributed by atoms with E-state index in [0.29, 0.717) is 0 Å². The van der Waals surface area contributed by atoms with Gasteiger partial charge in [0.15, 0.2) is 0 Å². The molecule has 0 aromatic rings. The van der Waals surface area contributed by atoms with Crippen LogP contribution in [0, 0.1) is 0 Å². The average Bonchev–Trinajstić information content (AvgIpc) is 2.21. The van der Waals surface area contributed by atoms with Gasteiger partial charge in [-0.2, -0.15) is 0 Å². The van der Waals surface area contributed by atoms with Crippen molar-refractivity contribution in [2.24, 2.45) is 0 Å². The van der Waals surface area contributed by atoms with Gasteiger partial charge in [0.1, 0.15) is 0 Å². The molecule has 0 aliphatic rings. The van der Waals surface area contributed by atoms with E-state index in [1.165, 1.54) is 36.7 Å². The minimum Gasteiger partial charge on any atom is -0.386 e. The highest BCUT2D eigenvalue weighted by molar-refractivity contribution is 6.55. The fraction of sp³-hybridized carbons (Fsp3) is 1.00. The topological polar surface area (TPSA) is 6.48 Å². The first-order valence-corrected chi connectivity index (χ1v) is 8.26. The Hall–Kier alpha value is 0.452. The first-order chi connectivity index (χ1) is 6.69. The molecule has 0 bridgehead atoms. The highest BCUT2D eigenvalue weighted by atomic mass is 27.2. The summed E-state index contributed by atoms with van der Waals surface area (Å²) in [7, 11) is 2.31. The predicted octanol–water partition coefficient (Wildman–Crippen LogP) is 2.29. The summed E-state index contributed by atoms with van der Waals surface area (Å²) in [6.07, 6.45) is 0. The fourth-order valence-corrected chi connectivity index (χ4v) is 4.24. The second kappa shape index (κ2) is 8.74. The maximum atomic E-state index is 2.64. The van der Waals surface area contributed by atoms with Gasteiger partial charge in [-0.3, -0.25) is 0 Å². The highest BCUT2D eigenvalue weighted by Gasteiger charge is 2.18. The van der Waals surface area contributed by atoms with Crippen molar-refractivity contribution in [1.29, 1.82) is 0 Å². The van der Waals surface area contributed by atoms with E-state index in [4.69, 9.17) is 0 Å². The molecule has 0 heterocycles. The molecular weight excluding hydrogens is 187 g/mol. The van der Waals surface area contributed by atoms with E-state index in [-0.39, 0.29) is 0 Å². The molecule has 0 fully saturated rings. The molecule has 0 saturated carbocycles. The first-order valence-electron chi connectivity index (χ1n) is 6.12. The maximum Gasteiger partial charge on any atom is 0.371 e. The third-order valence-corrected chi connectivity index (χ3v) is 6.62. The third kappa shape index (κ3) is 5.36. The van der Waals surface area contributed by atoms with Crippen LogP contribution in [0.25, 0.3) is 0 Å². The van der Waals surface area contributed by atoms with Gasteiger partial charge in [-0.15, -0.1) is 0 Å². The predicted molar refractivity (Wildman–Crippen MR) is 67.1 cm³/mol. The number of nitrogens with zero attached hydrogens (tertiary/aromatic N) is 2. The van der Waals surface area contributed by atoms with Crippen LogP contribution in [0.3, 0.4) is 0 Å². The average molecular weight is 214 g/mol. The van der Waals surface area contributed by atoms with Crippen LogP contribution in [0.15, 0.2) is 0 Å². The molecule has 0 rings (SSSR count). The van der Waals surface area contributed by atoms with Gasteiger partial charge in [-0.25, -0.2) is 0 Å². The number of likely N-dealkylation sites (N-methyl/N-ethyl adjacent to an activating group) is 2. The molecule has 0 aromatic heterocycles. The smallest absolute Gasteiger partial charge is 0.371 e. The molecule has 0 unspecified atom stereocenters. The van der Waals surface area contributed by atoms with Crippen LogP contribution in [-0.2, 0) is 0 Å². The van der Waals surface area contributed by atoms with Crippen LogP contribution in [0.2, 0.25) is 10.6 Å². The van der Waals surface area contributed by atoms with Crippen molar-refractivity contribution in [2.45, 2.75) is 38.3 Å². The summed E-state index contributed by atoms with van der Waals surface area (Å²) < 4.78 is 2.64. The Kier molecular flexibility index (Phi) is 9.02. The molecule has 0 radical (unpaired) electrons. The van der Waals surface area contributed by atoms with Crippen LogP contribution >= 0.6 is 0 Å². The molecule has 3 heteroatoms. The van der Waals surface area contributed by atoms with Crippen LogP contribution in [-0.4, -0.2) is 56.4 Å². The Labute approximate surface area is 94.9 Å². The molecule has 14 heavy (non-hydrogen) atoms. The lowest BCUT2D eigenvalue weighted by Crippen LogP contribution is -2.40. The van der Waals surface area contributed by atoms with Gasteiger partial charge in [-0.1, -0.05) is 38.3 Å². The Bertz CT molecular complexity index is 122. The van der Waals surface area contributed by atoms with Crippen LogP contribution in [0.5, 0.6) is 0 Å². The first kappa shape index (κ1) is 14.5. The van der Waals surface area contributed by atoms with E-state index in [9.17, 15) is 0 Å². The largest absolute Gasteiger partial charge is 0.386 e. The molecule has 0 spiro atoms. The summed E-state index contributed by atoms with van der Waals surface area (Å²) >= 11 is -0.561. The molecule has 84 valence electrons. The Morgan fingerprint density at radius 3 is 1.71 bits per heavy atom. The van der Waals surface area contributed by atoms with Gasteiger partial charge in [0.05, 0.1) is 0 Å². The molecule has 0 saturated heterocycles. The van der Waals surface area contributed by atoms with E-state index < -0.39 is 14.4 Å². The lowest BCUT2D eigenvalue weighted by atomic mass is 10.5. The molecule has 0 aliphatic heterocycles. The van der Waals surface area contributed by atoms with Gasteiger partial charge in [0.25, 0.3) is 0 Å². The summed E-state index contributed by atoms with van der Waals surface area (Å²) in [6.45, 7) is 14.1. The molecule has 0 aliphatic carbocycles. The van der Waals surface area contributed by atoms with Gasteiger partial charge < -0.3 is 8.78 Å². The lowest BCUT2D eigenvalue weighted by Gasteiger charge is -2.26. The molecular formula is C11H27AlN2. The normalized spacial score (nSPS) is 11.4. The highest BCUT2D eigenvalue weighted by Crippen LogP contribution is 2.03. The number of hydrogen-bond donors (Lipinski definition) is 0. The van der Waals surface area contributed by atoms with Crippen LogP contribution < -0.4 is 0 Å². The van der Waals surface area contributed by atoms with E-state index in [2.05, 4.69) is 43.5 Å². The second-order valence-corrected chi connectivity index (χ2v) is 7.80. The van der Waals surface area contributed by atoms with Crippen molar-refractivity contribution in [3.8, 4) is 0 Å². The summed E-state index contributed by atoms with van der Waals surface area (Å²) in [5.41, 5.74) is 0. The zero-order chi connectivity index (χ0) is 11.0. The van der Waals surface area contributed by atoms with E-state index in [1.807, 2.05) is 0 Å². The zero-order valence-corrected chi connectivity index (χ0v) is 11.9. The Balaban J connectivity index is 3.75. The lowest BCUT2D eigenvalue weighted by molar-refractivity contribution is 0.282. The van der Waals surface area contributed by atoms with Crippen molar-refractivity contribution >= 4 is 14.4 Å². The minimum atomic E-state index is -0.561. The van der Waals surface area contributed by atoms with Gasteiger partial charge in [0.2, 0.25) is 0 Å². The van der Waals surface area contributed by atoms with Gasteiger partial charge in [0, 0.05) is 6.54 Å². The third-order valence-electron chi connectivity index (χ3n) is 3.23. The van der Waals surface area contributed by atoms with Crippen LogP contribution in [0.1, 0.15) is 27.7 Å². The fourth-order valence-electron chi connectivity index (χ4n) is 1.93. The van der Waals surface area contributed by atoms with Crippen molar-refractivity contribution in [2.75, 3.05) is 33.2 Å². The molecule has 0 atom stereocenters. The molecule has 2 nitrogen and oxygen atoms in total. The van der Waals surface area contributed by atoms with E-state index >= 15 is 0 Å². The molecule has 0 N–H and O–H groups in total.